The van der Waals surface area contributed by atoms with Crippen LogP contribution >= 0.6 is 0 Å². The molecule has 2 unspecified atom stereocenters. The summed E-state index contributed by atoms with van der Waals surface area (Å²) in [6.45, 7) is 13.8. The van der Waals surface area contributed by atoms with E-state index in [0.29, 0.717) is 18.1 Å². The second-order valence-corrected chi connectivity index (χ2v) is 7.02. The molecule has 3 atom stereocenters. The third kappa shape index (κ3) is 4.12. The zero-order valence-corrected chi connectivity index (χ0v) is 14.9. The van der Waals surface area contributed by atoms with E-state index in [-0.39, 0.29) is 6.03 Å². The molecule has 6 heteroatoms. The van der Waals surface area contributed by atoms with Crippen LogP contribution in [0.25, 0.3) is 0 Å². The van der Waals surface area contributed by atoms with Crippen molar-refractivity contribution in [2.24, 2.45) is 0 Å². The summed E-state index contributed by atoms with van der Waals surface area (Å²) in [5.74, 6) is 0. The molecule has 22 heavy (non-hydrogen) atoms. The van der Waals surface area contributed by atoms with E-state index >= 15 is 0 Å². The molecule has 0 aromatic carbocycles. The first kappa shape index (κ1) is 17.5. The Morgan fingerprint density at radius 1 is 1.18 bits per heavy atom. The van der Waals surface area contributed by atoms with Crippen LogP contribution in [0.4, 0.5) is 4.79 Å². The van der Waals surface area contributed by atoms with Gasteiger partial charge in [-0.1, -0.05) is 6.92 Å². The molecule has 1 N–H and O–H groups in total. The summed E-state index contributed by atoms with van der Waals surface area (Å²) in [4.78, 5) is 20.9. The predicted octanol–water partition coefficient (Wildman–Crippen LogP) is 0.356. The van der Waals surface area contributed by atoms with Gasteiger partial charge < -0.3 is 15.1 Å². The maximum absolute atomic E-state index is 12.1. The van der Waals surface area contributed by atoms with Crippen LogP contribution in [0.5, 0.6) is 0 Å². The van der Waals surface area contributed by atoms with Crippen LogP contribution < -0.4 is 5.32 Å². The summed E-state index contributed by atoms with van der Waals surface area (Å²) in [5, 5.41) is 3.60. The van der Waals surface area contributed by atoms with E-state index in [1.165, 1.54) is 0 Å². The Kier molecular flexibility index (Phi) is 6.06. The predicted molar refractivity (Wildman–Crippen MR) is 90.2 cm³/mol. The van der Waals surface area contributed by atoms with Crippen molar-refractivity contribution in [1.82, 2.24) is 24.9 Å². The Balaban J connectivity index is 1.88. The van der Waals surface area contributed by atoms with Crippen molar-refractivity contribution in [3.63, 3.8) is 0 Å². The molecule has 128 valence electrons. The molecule has 2 rings (SSSR count). The normalized spacial score (nSPS) is 31.3. The van der Waals surface area contributed by atoms with Crippen molar-refractivity contribution in [3.05, 3.63) is 0 Å². The largest absolute Gasteiger partial charge is 0.331 e. The second kappa shape index (κ2) is 7.62. The minimum Gasteiger partial charge on any atom is -0.331 e. The van der Waals surface area contributed by atoms with E-state index in [1.54, 1.807) is 4.90 Å². The minimum absolute atomic E-state index is 0.134. The van der Waals surface area contributed by atoms with Crippen LogP contribution in [0.15, 0.2) is 0 Å². The van der Waals surface area contributed by atoms with E-state index in [9.17, 15) is 4.79 Å². The summed E-state index contributed by atoms with van der Waals surface area (Å²) in [6, 6.07) is 1.73. The van der Waals surface area contributed by atoms with Gasteiger partial charge in [-0.3, -0.25) is 9.80 Å². The number of likely N-dealkylation sites (N-methyl/N-ethyl adjacent to an activating group) is 1. The molecular weight excluding hydrogens is 278 g/mol. The maximum Gasteiger partial charge on any atom is 0.319 e. The standard InChI is InChI=1S/C16H33N5O/c1-6-19-10-13(2)17-9-15(19)12-20-7-8-21(11-14(20)3)16(22)18(4)5/h13-15,17H,6-12H2,1-5H3/t13?,14?,15-/m1/s1. The highest BCUT2D eigenvalue weighted by Gasteiger charge is 2.31. The van der Waals surface area contributed by atoms with Gasteiger partial charge in [0.1, 0.15) is 0 Å². The topological polar surface area (TPSA) is 42.1 Å². The fraction of sp³-hybridized carbons (Fsp3) is 0.938. The molecule has 0 spiro atoms. The number of carbonyl (C=O) groups is 1. The quantitative estimate of drug-likeness (QED) is 0.817. The van der Waals surface area contributed by atoms with Crippen LogP contribution in [0.2, 0.25) is 0 Å². The highest BCUT2D eigenvalue weighted by Crippen LogP contribution is 2.15. The van der Waals surface area contributed by atoms with Crippen LogP contribution in [0.3, 0.4) is 0 Å². The Morgan fingerprint density at radius 3 is 2.50 bits per heavy atom. The number of amides is 2. The van der Waals surface area contributed by atoms with E-state index in [2.05, 4.69) is 35.9 Å². The molecule has 2 heterocycles. The molecule has 0 bridgehead atoms. The first-order valence-electron chi connectivity index (χ1n) is 8.60. The Labute approximate surface area is 135 Å². The first-order valence-corrected chi connectivity index (χ1v) is 8.60. The lowest BCUT2D eigenvalue weighted by Gasteiger charge is -2.45. The van der Waals surface area contributed by atoms with Crippen molar-refractivity contribution < 1.29 is 4.79 Å². The fourth-order valence-electron chi connectivity index (χ4n) is 3.59. The number of nitrogens with one attached hydrogen (secondary N) is 1. The van der Waals surface area contributed by atoms with Gasteiger partial charge in [0.15, 0.2) is 0 Å². The summed E-state index contributed by atoms with van der Waals surface area (Å²) >= 11 is 0. The maximum atomic E-state index is 12.1. The van der Waals surface area contributed by atoms with Gasteiger partial charge in [-0.05, 0) is 20.4 Å². The van der Waals surface area contributed by atoms with Gasteiger partial charge >= 0.3 is 6.03 Å². The van der Waals surface area contributed by atoms with Crippen LogP contribution in [-0.4, -0.2) is 104 Å². The average molecular weight is 311 g/mol. The molecule has 0 saturated carbocycles. The molecule has 2 fully saturated rings. The third-order valence-electron chi connectivity index (χ3n) is 5.00. The zero-order valence-electron chi connectivity index (χ0n) is 14.9. The summed E-state index contributed by atoms with van der Waals surface area (Å²) in [5.41, 5.74) is 0. The van der Waals surface area contributed by atoms with Gasteiger partial charge in [0.05, 0.1) is 0 Å². The molecule has 0 aliphatic carbocycles. The van der Waals surface area contributed by atoms with Crippen LogP contribution in [0.1, 0.15) is 20.8 Å². The number of rotatable bonds is 3. The van der Waals surface area contributed by atoms with E-state index in [1.807, 2.05) is 19.0 Å². The monoisotopic (exact) mass is 311 g/mol. The lowest BCUT2D eigenvalue weighted by molar-refractivity contribution is 0.0476. The van der Waals surface area contributed by atoms with Gasteiger partial charge in [-0.15, -0.1) is 0 Å². The van der Waals surface area contributed by atoms with Crippen molar-refractivity contribution in [3.8, 4) is 0 Å². The van der Waals surface area contributed by atoms with Crippen molar-refractivity contribution in [1.29, 1.82) is 0 Å². The summed E-state index contributed by atoms with van der Waals surface area (Å²) in [6.07, 6.45) is 0. The molecule has 0 aromatic rings. The number of nitrogens with zero attached hydrogens (tertiary/aromatic N) is 4. The summed E-state index contributed by atoms with van der Waals surface area (Å²) in [7, 11) is 3.65. The molecule has 2 aliphatic heterocycles. The number of urea groups is 1. The molecule has 0 aromatic heterocycles. The second-order valence-electron chi connectivity index (χ2n) is 7.02. The Bertz CT molecular complexity index is 376. The lowest BCUT2D eigenvalue weighted by atomic mass is 10.1. The van der Waals surface area contributed by atoms with Crippen molar-refractivity contribution in [2.45, 2.75) is 38.9 Å². The average Bonchev–Trinajstić information content (AvgIpc) is 2.49. The fourth-order valence-corrected chi connectivity index (χ4v) is 3.59. The number of piperazine rings is 2. The van der Waals surface area contributed by atoms with Crippen molar-refractivity contribution >= 4 is 6.03 Å². The van der Waals surface area contributed by atoms with E-state index in [4.69, 9.17) is 0 Å². The smallest absolute Gasteiger partial charge is 0.319 e. The van der Waals surface area contributed by atoms with Crippen LogP contribution in [-0.2, 0) is 0 Å². The Morgan fingerprint density at radius 2 is 1.91 bits per heavy atom. The van der Waals surface area contributed by atoms with Gasteiger partial charge in [0, 0.05) is 71.5 Å². The third-order valence-corrected chi connectivity index (χ3v) is 5.00. The van der Waals surface area contributed by atoms with Gasteiger partial charge in [-0.2, -0.15) is 0 Å². The van der Waals surface area contributed by atoms with E-state index in [0.717, 1.165) is 45.8 Å². The molecule has 6 nitrogen and oxygen atoms in total. The minimum atomic E-state index is 0.134. The molecule has 0 radical (unpaired) electrons. The van der Waals surface area contributed by atoms with E-state index < -0.39 is 0 Å². The van der Waals surface area contributed by atoms with Gasteiger partial charge in [-0.25, -0.2) is 4.79 Å². The SMILES string of the molecule is CCN1CC(C)NC[C@@H]1CN1CCN(C(=O)N(C)C)CC1C. The number of hydrogen-bond donors (Lipinski definition) is 1. The molecule has 2 amide bonds. The molecule has 2 saturated heterocycles. The van der Waals surface area contributed by atoms with Crippen LogP contribution in [0, 0.1) is 0 Å². The highest BCUT2D eigenvalue weighted by molar-refractivity contribution is 5.74. The summed E-state index contributed by atoms with van der Waals surface area (Å²) < 4.78 is 0. The Hall–Kier alpha value is -0.850. The van der Waals surface area contributed by atoms with Gasteiger partial charge in [0.2, 0.25) is 0 Å². The molecular formula is C16H33N5O. The van der Waals surface area contributed by atoms with Crippen molar-refractivity contribution in [2.75, 3.05) is 59.9 Å². The first-order chi connectivity index (χ1) is 10.4. The number of carbonyl (C=O) groups excluding carboxylic acids is 1. The zero-order chi connectivity index (χ0) is 16.3. The van der Waals surface area contributed by atoms with Gasteiger partial charge in [0.25, 0.3) is 0 Å². The molecule has 2 aliphatic rings. The number of hydrogen-bond acceptors (Lipinski definition) is 4. The highest BCUT2D eigenvalue weighted by atomic mass is 16.2. The lowest BCUT2D eigenvalue weighted by Crippen LogP contribution is -2.62.